The summed E-state index contributed by atoms with van der Waals surface area (Å²) in [5, 5.41) is 0. The Morgan fingerprint density at radius 3 is 1.86 bits per heavy atom. The van der Waals surface area contributed by atoms with Crippen molar-refractivity contribution >= 4 is 0 Å². The minimum atomic E-state index is -5.34. The SMILES string of the molecule is C/C=C/CCC1CCC(C(F)(F)OC2COC(C3CCC(C(F)(F)Oc4cc(F)c(C(F)(F)F)c(F)c4)CC3)OC2)CC1. The van der Waals surface area contributed by atoms with Crippen molar-refractivity contribution in [2.24, 2.45) is 23.7 Å². The lowest BCUT2D eigenvalue weighted by Gasteiger charge is -2.40. The molecule has 244 valence electrons. The highest BCUT2D eigenvalue weighted by Crippen LogP contribution is 2.44. The van der Waals surface area contributed by atoms with Gasteiger partial charge in [-0.25, -0.2) is 8.78 Å². The summed E-state index contributed by atoms with van der Waals surface area (Å²) >= 11 is 0. The molecule has 1 aromatic carbocycles. The van der Waals surface area contributed by atoms with Crippen molar-refractivity contribution in [3.8, 4) is 5.75 Å². The van der Waals surface area contributed by atoms with Gasteiger partial charge in [0.15, 0.2) is 6.29 Å². The van der Waals surface area contributed by atoms with Crippen molar-refractivity contribution in [3.63, 3.8) is 0 Å². The van der Waals surface area contributed by atoms with E-state index in [-0.39, 0.29) is 56.9 Å². The Morgan fingerprint density at radius 1 is 0.791 bits per heavy atom. The molecule has 43 heavy (non-hydrogen) atoms. The Labute approximate surface area is 244 Å². The van der Waals surface area contributed by atoms with Crippen LogP contribution in [0.4, 0.5) is 39.5 Å². The molecule has 1 saturated heterocycles. The molecule has 13 heteroatoms. The highest BCUT2D eigenvalue weighted by atomic mass is 19.4. The van der Waals surface area contributed by atoms with E-state index in [1.807, 2.05) is 13.0 Å². The van der Waals surface area contributed by atoms with Crippen LogP contribution in [-0.4, -0.2) is 37.8 Å². The van der Waals surface area contributed by atoms with E-state index in [0.717, 1.165) is 25.7 Å². The van der Waals surface area contributed by atoms with Crippen LogP contribution in [-0.2, 0) is 20.4 Å². The van der Waals surface area contributed by atoms with Gasteiger partial charge in [0.05, 0.1) is 25.0 Å². The van der Waals surface area contributed by atoms with E-state index in [0.29, 0.717) is 18.8 Å². The summed E-state index contributed by atoms with van der Waals surface area (Å²) in [4.78, 5) is 0. The summed E-state index contributed by atoms with van der Waals surface area (Å²) < 4.78 is 146. The van der Waals surface area contributed by atoms with Crippen LogP contribution in [0.25, 0.3) is 0 Å². The standard InChI is InChI=1S/C30H37F9O4/c1-2-3-4-5-18-6-10-20(11-7-18)30(38,39)43-23-16-40-27(41-17-23)19-8-12-21(13-9-19)29(36,37)42-22-14-24(31)26(25(32)15-22)28(33,34)35/h2-3,14-15,18-21,23,27H,4-13,16-17H2,1H3/b3-2+. The normalized spacial score (nSPS) is 29.6. The van der Waals surface area contributed by atoms with E-state index in [1.165, 1.54) is 0 Å². The van der Waals surface area contributed by atoms with Crippen molar-refractivity contribution in [1.82, 2.24) is 0 Å². The van der Waals surface area contributed by atoms with Crippen molar-refractivity contribution in [3.05, 3.63) is 41.5 Å². The molecule has 1 aromatic rings. The lowest BCUT2D eigenvalue weighted by atomic mass is 9.79. The second-order valence-electron chi connectivity index (χ2n) is 11.7. The van der Waals surface area contributed by atoms with Gasteiger partial charge < -0.3 is 18.9 Å². The highest BCUT2D eigenvalue weighted by molar-refractivity contribution is 5.32. The molecule has 0 aromatic heterocycles. The Balaban J connectivity index is 1.21. The minimum Gasteiger partial charge on any atom is -0.432 e. The maximum Gasteiger partial charge on any atom is 0.422 e. The molecular formula is C30H37F9O4. The van der Waals surface area contributed by atoms with Gasteiger partial charge in [0, 0.05) is 18.1 Å². The third-order valence-corrected chi connectivity index (χ3v) is 8.70. The first kappa shape index (κ1) is 33.9. The summed E-state index contributed by atoms with van der Waals surface area (Å²) in [6.07, 6.45) is -5.93. The van der Waals surface area contributed by atoms with Crippen molar-refractivity contribution in [2.75, 3.05) is 13.2 Å². The molecule has 4 rings (SSSR count). The van der Waals surface area contributed by atoms with Gasteiger partial charge in [-0.2, -0.15) is 30.7 Å². The van der Waals surface area contributed by atoms with E-state index in [1.54, 1.807) is 0 Å². The fraction of sp³-hybridized carbons (Fsp3) is 0.733. The average Bonchev–Trinajstić information content (AvgIpc) is 2.92. The zero-order chi connectivity index (χ0) is 31.4. The first-order chi connectivity index (χ1) is 20.2. The number of halogens is 9. The summed E-state index contributed by atoms with van der Waals surface area (Å²) in [7, 11) is 0. The maximum absolute atomic E-state index is 14.9. The number of alkyl halides is 7. The summed E-state index contributed by atoms with van der Waals surface area (Å²) in [5.74, 6) is -7.32. The van der Waals surface area contributed by atoms with Gasteiger partial charge in [0.2, 0.25) is 0 Å². The van der Waals surface area contributed by atoms with Crippen LogP contribution in [0, 0.1) is 35.3 Å². The maximum atomic E-state index is 14.9. The number of hydrogen-bond donors (Lipinski definition) is 0. The van der Waals surface area contributed by atoms with E-state index >= 15 is 0 Å². The molecule has 0 bridgehead atoms. The van der Waals surface area contributed by atoms with Gasteiger partial charge in [0.1, 0.15) is 29.1 Å². The molecule has 0 radical (unpaired) electrons. The average molecular weight is 633 g/mol. The topological polar surface area (TPSA) is 36.9 Å². The van der Waals surface area contributed by atoms with Crippen molar-refractivity contribution in [1.29, 1.82) is 0 Å². The van der Waals surface area contributed by atoms with Gasteiger partial charge in [-0.15, -0.1) is 0 Å². The van der Waals surface area contributed by atoms with Crippen LogP contribution in [0.5, 0.6) is 5.75 Å². The predicted octanol–water partition coefficient (Wildman–Crippen LogP) is 9.28. The van der Waals surface area contributed by atoms with E-state index < -0.39 is 65.6 Å². The third kappa shape index (κ3) is 8.81. The van der Waals surface area contributed by atoms with Gasteiger partial charge in [-0.1, -0.05) is 12.2 Å². The Morgan fingerprint density at radius 2 is 1.33 bits per heavy atom. The van der Waals surface area contributed by atoms with Crippen molar-refractivity contribution < 1.29 is 58.5 Å². The molecule has 0 unspecified atom stereocenters. The van der Waals surface area contributed by atoms with E-state index in [2.05, 4.69) is 10.8 Å². The predicted molar refractivity (Wildman–Crippen MR) is 137 cm³/mol. The number of rotatable bonds is 10. The van der Waals surface area contributed by atoms with E-state index in [9.17, 15) is 39.5 Å². The van der Waals surface area contributed by atoms with Crippen LogP contribution >= 0.6 is 0 Å². The van der Waals surface area contributed by atoms with Gasteiger partial charge in [0.25, 0.3) is 0 Å². The van der Waals surface area contributed by atoms with Crippen LogP contribution in [0.3, 0.4) is 0 Å². The quantitative estimate of drug-likeness (QED) is 0.190. The number of ether oxygens (including phenoxy) is 4. The number of allylic oxidation sites excluding steroid dienone is 2. The van der Waals surface area contributed by atoms with Crippen LogP contribution < -0.4 is 4.74 Å². The first-order valence-corrected chi connectivity index (χ1v) is 14.7. The first-order valence-electron chi connectivity index (χ1n) is 14.7. The van der Waals surface area contributed by atoms with Crippen LogP contribution in [0.1, 0.15) is 76.7 Å². The molecule has 0 spiro atoms. The van der Waals surface area contributed by atoms with Gasteiger partial charge in [-0.3, -0.25) is 0 Å². The van der Waals surface area contributed by atoms with Crippen LogP contribution in [0.15, 0.2) is 24.3 Å². The Bertz CT molecular complexity index is 1050. The second kappa shape index (κ2) is 14.0. The Kier molecular flexibility index (Phi) is 11.0. The zero-order valence-electron chi connectivity index (χ0n) is 23.8. The molecule has 2 saturated carbocycles. The molecule has 1 aliphatic heterocycles. The molecule has 3 aliphatic rings. The fourth-order valence-electron chi connectivity index (χ4n) is 6.29. The zero-order valence-corrected chi connectivity index (χ0v) is 23.8. The summed E-state index contributed by atoms with van der Waals surface area (Å²) in [5.41, 5.74) is -2.19. The van der Waals surface area contributed by atoms with Gasteiger partial charge in [-0.05, 0) is 77.0 Å². The molecule has 0 amide bonds. The molecule has 0 N–H and O–H groups in total. The molecular weight excluding hydrogens is 595 g/mol. The summed E-state index contributed by atoms with van der Waals surface area (Å²) in [6, 6.07) is 0.156. The molecule has 0 atom stereocenters. The third-order valence-electron chi connectivity index (χ3n) is 8.70. The number of benzene rings is 1. The monoisotopic (exact) mass is 632 g/mol. The molecule has 4 nitrogen and oxygen atoms in total. The minimum absolute atomic E-state index is 0.0780. The second-order valence-corrected chi connectivity index (χ2v) is 11.7. The Hall–Kier alpha value is -1.99. The molecule has 3 fully saturated rings. The highest BCUT2D eigenvalue weighted by Gasteiger charge is 2.48. The van der Waals surface area contributed by atoms with E-state index in [4.69, 9.17) is 14.2 Å². The molecule has 2 aliphatic carbocycles. The molecule has 1 heterocycles. The van der Waals surface area contributed by atoms with Crippen molar-refractivity contribution in [2.45, 2.75) is 102 Å². The van der Waals surface area contributed by atoms with Gasteiger partial charge >= 0.3 is 18.4 Å². The van der Waals surface area contributed by atoms with Crippen LogP contribution in [0.2, 0.25) is 0 Å². The summed E-state index contributed by atoms with van der Waals surface area (Å²) in [6.45, 7) is 1.68. The smallest absolute Gasteiger partial charge is 0.422 e. The number of hydrogen-bond acceptors (Lipinski definition) is 4. The lowest BCUT2D eigenvalue weighted by molar-refractivity contribution is -0.339. The largest absolute Gasteiger partial charge is 0.432 e. The lowest BCUT2D eigenvalue weighted by Crippen LogP contribution is -2.47. The fourth-order valence-corrected chi connectivity index (χ4v) is 6.29.